The number of fused-ring (bicyclic) bond motifs is 1. The number of anilines is 1. The van der Waals surface area contributed by atoms with Crippen LogP contribution in [0.25, 0.3) is 11.1 Å². The molecule has 224 valence electrons. The van der Waals surface area contributed by atoms with Crippen molar-refractivity contribution in [3.63, 3.8) is 0 Å². The van der Waals surface area contributed by atoms with Crippen LogP contribution >= 0.6 is 0 Å². The van der Waals surface area contributed by atoms with Crippen molar-refractivity contribution < 1.29 is 23.8 Å². The van der Waals surface area contributed by atoms with Crippen LogP contribution in [-0.2, 0) is 28.9 Å². The zero-order valence-electron chi connectivity index (χ0n) is 25.5. The largest absolute Gasteiger partial charge is 0.493 e. The van der Waals surface area contributed by atoms with E-state index >= 15 is 0 Å². The molecule has 5 rings (SSSR count). The van der Waals surface area contributed by atoms with Crippen LogP contribution in [0.1, 0.15) is 60.5 Å². The number of carboxylic acid groups (broad SMARTS) is 1. The Morgan fingerprint density at radius 3 is 2.30 bits per heavy atom. The number of ether oxygens (including phenoxy) is 2. The first-order chi connectivity index (χ1) is 20.5. The van der Waals surface area contributed by atoms with Gasteiger partial charge in [-0.25, -0.2) is 9.18 Å². The van der Waals surface area contributed by atoms with Gasteiger partial charge in [0.2, 0.25) is 0 Å². The number of benzene rings is 3. The summed E-state index contributed by atoms with van der Waals surface area (Å²) in [6.45, 7) is 11.3. The maximum atomic E-state index is 13.2. The number of aromatic nitrogens is 1. The molecule has 43 heavy (non-hydrogen) atoms. The first kappa shape index (κ1) is 30.2. The van der Waals surface area contributed by atoms with Gasteiger partial charge in [0.25, 0.3) is 0 Å². The highest BCUT2D eigenvalue weighted by Crippen LogP contribution is 2.44. The highest BCUT2D eigenvalue weighted by molar-refractivity contribution is 5.88. The fraction of sp³-hybridized carbons (Fsp3) is 0.333. The summed E-state index contributed by atoms with van der Waals surface area (Å²) < 4.78 is 25.4. The van der Waals surface area contributed by atoms with Crippen molar-refractivity contribution in [3.8, 4) is 16.9 Å². The maximum absolute atomic E-state index is 13.2. The van der Waals surface area contributed by atoms with E-state index < -0.39 is 17.7 Å². The molecule has 6 nitrogen and oxygen atoms in total. The second-order valence-corrected chi connectivity index (χ2v) is 12.1. The first-order valence-electron chi connectivity index (χ1n) is 14.7. The quantitative estimate of drug-likeness (QED) is 0.219. The highest BCUT2D eigenvalue weighted by Gasteiger charge is 2.35. The van der Waals surface area contributed by atoms with Crippen molar-refractivity contribution >= 4 is 11.7 Å². The fourth-order valence-electron chi connectivity index (χ4n) is 5.76. The number of nitrogens with zero attached hydrogens (tertiary/aromatic N) is 2. The molecule has 0 amide bonds. The monoisotopic (exact) mass is 582 g/mol. The molecular weight excluding hydrogens is 543 g/mol. The van der Waals surface area contributed by atoms with Gasteiger partial charge in [-0.2, -0.15) is 0 Å². The number of aliphatic carboxylic acids is 1. The predicted octanol–water partition coefficient (Wildman–Crippen LogP) is 7.63. The summed E-state index contributed by atoms with van der Waals surface area (Å²) in [5, 5.41) is 10.4. The number of hydrogen-bond donors (Lipinski definition) is 1. The molecule has 0 radical (unpaired) electrons. The Bertz CT molecular complexity index is 1590. The van der Waals surface area contributed by atoms with E-state index in [0.717, 1.165) is 46.8 Å². The van der Waals surface area contributed by atoms with Crippen LogP contribution in [0.4, 0.5) is 10.1 Å². The molecule has 0 saturated carbocycles. The minimum absolute atomic E-state index is 0.253. The van der Waals surface area contributed by atoms with Gasteiger partial charge in [0, 0.05) is 42.0 Å². The summed E-state index contributed by atoms with van der Waals surface area (Å²) in [6.07, 6.45) is 0.332. The SMILES string of the molecule is Cc1nc(C)c([C@H](OC(C)(C)C)C(=O)O)c(N2CCc3ccccc3C2)c1-c1ccc(OCCc2ccc(F)cc2)cc1. The highest BCUT2D eigenvalue weighted by atomic mass is 19.1. The lowest BCUT2D eigenvalue weighted by Crippen LogP contribution is -2.35. The summed E-state index contributed by atoms with van der Waals surface area (Å²) in [6, 6.07) is 22.7. The number of carboxylic acids is 1. The maximum Gasteiger partial charge on any atom is 0.337 e. The van der Waals surface area contributed by atoms with Crippen molar-refractivity contribution in [1.82, 2.24) is 4.98 Å². The Balaban J connectivity index is 1.54. The van der Waals surface area contributed by atoms with Crippen molar-refractivity contribution in [1.29, 1.82) is 0 Å². The van der Waals surface area contributed by atoms with Gasteiger partial charge in [0.1, 0.15) is 11.6 Å². The molecular formula is C36H39FN2O4. The van der Waals surface area contributed by atoms with Gasteiger partial charge in [-0.05, 0) is 87.6 Å². The third-order valence-electron chi connectivity index (χ3n) is 7.70. The van der Waals surface area contributed by atoms with Crippen LogP contribution < -0.4 is 9.64 Å². The summed E-state index contributed by atoms with van der Waals surface area (Å²) in [5.74, 6) is -0.577. The topological polar surface area (TPSA) is 71.9 Å². The van der Waals surface area contributed by atoms with Gasteiger partial charge >= 0.3 is 5.97 Å². The Kier molecular flexibility index (Phi) is 8.83. The van der Waals surface area contributed by atoms with Crippen LogP contribution in [0, 0.1) is 19.7 Å². The lowest BCUT2D eigenvalue weighted by molar-refractivity contribution is -0.160. The minimum atomic E-state index is -1.19. The zero-order chi connectivity index (χ0) is 30.7. The lowest BCUT2D eigenvalue weighted by atomic mass is 9.91. The molecule has 1 N–H and O–H groups in total. The third-order valence-corrected chi connectivity index (χ3v) is 7.70. The van der Waals surface area contributed by atoms with Gasteiger partial charge in [-0.1, -0.05) is 48.5 Å². The second kappa shape index (κ2) is 12.6. The molecule has 7 heteroatoms. The van der Waals surface area contributed by atoms with Crippen LogP contribution in [-0.4, -0.2) is 34.8 Å². The average Bonchev–Trinajstić information content (AvgIpc) is 2.96. The number of hydrogen-bond acceptors (Lipinski definition) is 5. The van der Waals surface area contributed by atoms with E-state index in [0.29, 0.717) is 30.8 Å². The van der Waals surface area contributed by atoms with Gasteiger partial charge in [-0.15, -0.1) is 0 Å². The van der Waals surface area contributed by atoms with E-state index in [1.165, 1.54) is 23.3 Å². The van der Waals surface area contributed by atoms with E-state index in [-0.39, 0.29) is 5.82 Å². The predicted molar refractivity (Wildman–Crippen MR) is 167 cm³/mol. The molecule has 0 spiro atoms. The van der Waals surface area contributed by atoms with E-state index in [9.17, 15) is 14.3 Å². The molecule has 0 unspecified atom stereocenters. The van der Waals surface area contributed by atoms with Crippen LogP contribution in [0.5, 0.6) is 5.75 Å². The van der Waals surface area contributed by atoms with Crippen molar-refractivity contribution in [2.75, 3.05) is 18.1 Å². The smallest absolute Gasteiger partial charge is 0.337 e. The molecule has 0 aliphatic carbocycles. The number of pyridine rings is 1. The summed E-state index contributed by atoms with van der Waals surface area (Å²) in [5.41, 5.74) is 7.57. The molecule has 0 fully saturated rings. The Labute approximate surface area is 253 Å². The number of rotatable bonds is 9. The summed E-state index contributed by atoms with van der Waals surface area (Å²) in [4.78, 5) is 19.9. The van der Waals surface area contributed by atoms with E-state index in [1.807, 2.05) is 65.0 Å². The molecule has 1 aromatic heterocycles. The Morgan fingerprint density at radius 2 is 1.65 bits per heavy atom. The van der Waals surface area contributed by atoms with Gasteiger partial charge < -0.3 is 19.5 Å². The van der Waals surface area contributed by atoms with Gasteiger partial charge in [0.15, 0.2) is 6.10 Å². The number of carbonyl (C=O) groups is 1. The molecule has 2 heterocycles. The first-order valence-corrected chi connectivity index (χ1v) is 14.7. The van der Waals surface area contributed by atoms with Crippen molar-refractivity contribution in [3.05, 3.63) is 112 Å². The van der Waals surface area contributed by atoms with E-state index in [4.69, 9.17) is 14.5 Å². The minimum Gasteiger partial charge on any atom is -0.493 e. The molecule has 1 aliphatic heterocycles. The summed E-state index contributed by atoms with van der Waals surface area (Å²) >= 11 is 0. The average molecular weight is 583 g/mol. The van der Waals surface area contributed by atoms with E-state index in [2.05, 4.69) is 23.1 Å². The van der Waals surface area contributed by atoms with Gasteiger partial charge in [0.05, 0.1) is 17.9 Å². The fourth-order valence-corrected chi connectivity index (χ4v) is 5.76. The number of halogens is 1. The number of aryl methyl sites for hydroxylation is 2. The van der Waals surface area contributed by atoms with Crippen LogP contribution in [0.2, 0.25) is 0 Å². The zero-order valence-corrected chi connectivity index (χ0v) is 25.5. The van der Waals surface area contributed by atoms with Crippen molar-refractivity contribution in [2.24, 2.45) is 0 Å². The molecule has 1 atom stereocenters. The normalized spacial score (nSPS) is 13.9. The van der Waals surface area contributed by atoms with Crippen LogP contribution in [0.3, 0.4) is 0 Å². The second-order valence-electron chi connectivity index (χ2n) is 12.1. The Morgan fingerprint density at radius 1 is 0.977 bits per heavy atom. The van der Waals surface area contributed by atoms with Crippen LogP contribution in [0.15, 0.2) is 72.8 Å². The van der Waals surface area contributed by atoms with Gasteiger partial charge in [-0.3, -0.25) is 4.98 Å². The Hall–Kier alpha value is -4.23. The van der Waals surface area contributed by atoms with Crippen molar-refractivity contribution in [2.45, 2.75) is 65.7 Å². The molecule has 1 aliphatic rings. The molecule has 0 bridgehead atoms. The molecule has 4 aromatic rings. The third kappa shape index (κ3) is 7.05. The molecule has 3 aromatic carbocycles. The molecule has 0 saturated heterocycles. The summed E-state index contributed by atoms with van der Waals surface area (Å²) in [7, 11) is 0. The standard InChI is InChI=1S/C36H39FN2O4/c1-23-31(27-12-16-30(17-13-27)42-21-19-25-10-14-29(37)15-11-25)33(39-20-18-26-8-6-7-9-28(26)22-39)32(24(2)38-23)34(35(40)41)43-36(3,4)5/h6-17,34H,18-22H2,1-5H3,(H,40,41)/t34-/m0/s1. The lowest BCUT2D eigenvalue weighted by Gasteiger charge is -2.37. The van der Waals surface area contributed by atoms with E-state index in [1.54, 1.807) is 12.1 Å².